The highest BCUT2D eigenvalue weighted by Crippen LogP contribution is 2.34. The van der Waals surface area contributed by atoms with Crippen LogP contribution in [0, 0.1) is 5.92 Å². The number of thioether (sulfide) groups is 1. The van der Waals surface area contributed by atoms with Gasteiger partial charge in [-0.25, -0.2) is 4.68 Å². The smallest absolute Gasteiger partial charge is 0.209 e. The molecule has 0 saturated heterocycles. The Labute approximate surface area is 93.8 Å². The van der Waals surface area contributed by atoms with E-state index in [0.717, 1.165) is 17.5 Å². The van der Waals surface area contributed by atoms with Crippen LogP contribution in [0.1, 0.15) is 26.2 Å². The van der Waals surface area contributed by atoms with Gasteiger partial charge < -0.3 is 5.73 Å². The van der Waals surface area contributed by atoms with E-state index in [9.17, 15) is 0 Å². The summed E-state index contributed by atoms with van der Waals surface area (Å²) in [7, 11) is 1.86. The molecule has 5 nitrogen and oxygen atoms in total. The molecule has 0 aliphatic heterocycles. The monoisotopic (exact) mass is 227 g/mol. The first-order chi connectivity index (χ1) is 7.16. The van der Waals surface area contributed by atoms with E-state index >= 15 is 0 Å². The van der Waals surface area contributed by atoms with Gasteiger partial charge in [-0.05, 0) is 35.6 Å². The summed E-state index contributed by atoms with van der Waals surface area (Å²) in [5.41, 5.74) is 6.11. The predicted molar refractivity (Wildman–Crippen MR) is 59.4 cm³/mol. The van der Waals surface area contributed by atoms with Crippen LogP contribution in [0.15, 0.2) is 5.16 Å². The zero-order valence-corrected chi connectivity index (χ0v) is 9.94. The van der Waals surface area contributed by atoms with E-state index in [4.69, 9.17) is 5.73 Å². The quantitative estimate of drug-likeness (QED) is 0.810. The van der Waals surface area contributed by atoms with Gasteiger partial charge >= 0.3 is 0 Å². The average molecular weight is 227 g/mol. The van der Waals surface area contributed by atoms with Gasteiger partial charge in [0.1, 0.15) is 0 Å². The first kappa shape index (κ1) is 10.9. The molecule has 0 amide bonds. The highest BCUT2D eigenvalue weighted by molar-refractivity contribution is 7.99. The molecule has 3 atom stereocenters. The molecule has 0 spiro atoms. The number of nitrogens with two attached hydrogens (primary N) is 1. The molecule has 1 fully saturated rings. The number of aryl methyl sites for hydroxylation is 1. The molecule has 2 N–H and O–H groups in total. The molecule has 2 rings (SSSR count). The van der Waals surface area contributed by atoms with Crippen LogP contribution in [0.5, 0.6) is 0 Å². The third-order valence-corrected chi connectivity index (χ3v) is 4.34. The second kappa shape index (κ2) is 4.49. The molecule has 1 saturated carbocycles. The van der Waals surface area contributed by atoms with E-state index in [2.05, 4.69) is 22.4 Å². The number of nitrogens with zero attached hydrogens (tertiary/aromatic N) is 4. The van der Waals surface area contributed by atoms with E-state index in [1.165, 1.54) is 12.8 Å². The molecule has 6 heteroatoms. The zero-order valence-electron chi connectivity index (χ0n) is 9.13. The molecule has 0 aromatic carbocycles. The normalized spacial score (nSPS) is 31.8. The highest BCUT2D eigenvalue weighted by Gasteiger charge is 2.28. The van der Waals surface area contributed by atoms with Crippen LogP contribution in [0.3, 0.4) is 0 Å². The SMILES string of the molecule is CC1CCC(N)C(Sc2nnnn2C)C1. The van der Waals surface area contributed by atoms with Crippen LogP contribution in [-0.2, 0) is 7.05 Å². The number of hydrogen-bond acceptors (Lipinski definition) is 5. The van der Waals surface area contributed by atoms with Gasteiger partial charge in [0.25, 0.3) is 0 Å². The lowest BCUT2D eigenvalue weighted by molar-refractivity contribution is 0.357. The van der Waals surface area contributed by atoms with Crippen LogP contribution in [0.25, 0.3) is 0 Å². The van der Waals surface area contributed by atoms with Crippen LogP contribution < -0.4 is 5.73 Å². The van der Waals surface area contributed by atoms with Crippen molar-refractivity contribution in [3.63, 3.8) is 0 Å². The summed E-state index contributed by atoms with van der Waals surface area (Å²) < 4.78 is 1.71. The van der Waals surface area contributed by atoms with Gasteiger partial charge in [-0.3, -0.25) is 0 Å². The van der Waals surface area contributed by atoms with Crippen molar-refractivity contribution < 1.29 is 0 Å². The molecule has 1 aliphatic rings. The van der Waals surface area contributed by atoms with Crippen LogP contribution in [0.4, 0.5) is 0 Å². The molecule has 1 heterocycles. The Hall–Kier alpha value is -0.620. The van der Waals surface area contributed by atoms with Crippen LogP contribution in [0.2, 0.25) is 0 Å². The first-order valence-corrected chi connectivity index (χ1v) is 6.19. The Morgan fingerprint density at radius 1 is 1.47 bits per heavy atom. The molecule has 3 unspecified atom stereocenters. The molecule has 1 aromatic rings. The van der Waals surface area contributed by atoms with Crippen molar-refractivity contribution in [2.45, 2.75) is 42.6 Å². The maximum absolute atomic E-state index is 6.11. The Morgan fingerprint density at radius 3 is 2.93 bits per heavy atom. The summed E-state index contributed by atoms with van der Waals surface area (Å²) in [4.78, 5) is 0. The highest BCUT2D eigenvalue weighted by atomic mass is 32.2. The fraction of sp³-hybridized carbons (Fsp3) is 0.889. The minimum absolute atomic E-state index is 0.280. The molecule has 15 heavy (non-hydrogen) atoms. The summed E-state index contributed by atoms with van der Waals surface area (Å²) in [5, 5.41) is 12.8. The lowest BCUT2D eigenvalue weighted by Gasteiger charge is -2.31. The average Bonchev–Trinajstić information content (AvgIpc) is 2.58. The van der Waals surface area contributed by atoms with E-state index < -0.39 is 0 Å². The molecule has 84 valence electrons. The number of tetrazole rings is 1. The Morgan fingerprint density at radius 2 is 2.27 bits per heavy atom. The Bertz CT molecular complexity index is 326. The van der Waals surface area contributed by atoms with Crippen molar-refractivity contribution >= 4 is 11.8 Å². The molecular weight excluding hydrogens is 210 g/mol. The third kappa shape index (κ3) is 2.49. The second-order valence-corrected chi connectivity index (χ2v) is 5.53. The van der Waals surface area contributed by atoms with E-state index in [-0.39, 0.29) is 6.04 Å². The third-order valence-electron chi connectivity index (χ3n) is 2.94. The Balaban J connectivity index is 2.01. The van der Waals surface area contributed by atoms with Gasteiger partial charge in [-0.15, -0.1) is 5.10 Å². The maximum Gasteiger partial charge on any atom is 0.209 e. The van der Waals surface area contributed by atoms with Crippen molar-refractivity contribution in [2.24, 2.45) is 18.7 Å². The largest absolute Gasteiger partial charge is 0.327 e. The summed E-state index contributed by atoms with van der Waals surface area (Å²) in [6.07, 6.45) is 3.53. The summed E-state index contributed by atoms with van der Waals surface area (Å²) in [6, 6.07) is 0.280. The van der Waals surface area contributed by atoms with Crippen molar-refractivity contribution in [2.75, 3.05) is 0 Å². The minimum Gasteiger partial charge on any atom is -0.327 e. The number of aromatic nitrogens is 4. The minimum atomic E-state index is 0.280. The second-order valence-electron chi connectivity index (χ2n) is 4.32. The summed E-state index contributed by atoms with van der Waals surface area (Å²) in [5.74, 6) is 0.767. The standard InChI is InChI=1S/C9H17N5S/c1-6-3-4-7(10)8(5-6)15-9-11-12-13-14(9)2/h6-8H,3-5,10H2,1-2H3. The Kier molecular flexibility index (Phi) is 3.25. The van der Waals surface area contributed by atoms with Gasteiger partial charge in [0.15, 0.2) is 0 Å². The molecule has 1 aliphatic carbocycles. The first-order valence-electron chi connectivity index (χ1n) is 5.31. The summed E-state index contributed by atoms with van der Waals surface area (Å²) >= 11 is 1.71. The molecule has 0 radical (unpaired) electrons. The zero-order chi connectivity index (χ0) is 10.8. The number of hydrogen-bond donors (Lipinski definition) is 1. The van der Waals surface area contributed by atoms with Gasteiger partial charge in [0, 0.05) is 18.3 Å². The molecular formula is C9H17N5S. The van der Waals surface area contributed by atoms with Gasteiger partial charge in [0.05, 0.1) is 0 Å². The predicted octanol–water partition coefficient (Wildman–Crippen LogP) is 0.818. The number of rotatable bonds is 2. The van der Waals surface area contributed by atoms with Crippen molar-refractivity contribution in [1.82, 2.24) is 20.2 Å². The van der Waals surface area contributed by atoms with E-state index in [1.54, 1.807) is 16.4 Å². The maximum atomic E-state index is 6.11. The van der Waals surface area contributed by atoms with Crippen molar-refractivity contribution in [3.8, 4) is 0 Å². The van der Waals surface area contributed by atoms with Gasteiger partial charge in [0.2, 0.25) is 5.16 Å². The van der Waals surface area contributed by atoms with E-state index in [1.807, 2.05) is 7.05 Å². The topological polar surface area (TPSA) is 69.6 Å². The lowest BCUT2D eigenvalue weighted by atomic mass is 9.87. The molecule has 0 bridgehead atoms. The van der Waals surface area contributed by atoms with Gasteiger partial charge in [-0.2, -0.15) is 0 Å². The molecule has 1 aromatic heterocycles. The van der Waals surface area contributed by atoms with Crippen molar-refractivity contribution in [3.05, 3.63) is 0 Å². The van der Waals surface area contributed by atoms with Gasteiger partial charge in [-0.1, -0.05) is 18.7 Å². The summed E-state index contributed by atoms with van der Waals surface area (Å²) in [6.45, 7) is 2.29. The van der Waals surface area contributed by atoms with Crippen molar-refractivity contribution in [1.29, 1.82) is 0 Å². The fourth-order valence-corrected chi connectivity index (χ4v) is 3.22. The van der Waals surface area contributed by atoms with Crippen LogP contribution >= 0.6 is 11.8 Å². The lowest BCUT2D eigenvalue weighted by Crippen LogP contribution is -2.37. The van der Waals surface area contributed by atoms with Crippen LogP contribution in [-0.4, -0.2) is 31.5 Å². The fourth-order valence-electron chi connectivity index (χ4n) is 1.94. The van der Waals surface area contributed by atoms with E-state index in [0.29, 0.717) is 5.25 Å².